The van der Waals surface area contributed by atoms with Gasteiger partial charge in [-0.1, -0.05) is 23.2 Å². The second-order valence-corrected chi connectivity index (χ2v) is 6.20. The third-order valence-electron chi connectivity index (χ3n) is 2.17. The minimum absolute atomic E-state index is 0.0713. The van der Waals surface area contributed by atoms with Crippen LogP contribution < -0.4 is 4.72 Å². The number of hydrogen-bond acceptors (Lipinski definition) is 4. The molecular formula is C11H13Cl2NO4S. The SMILES string of the molecule is CCOC(=O)[C@H](C)NS(=O)(=O)c1ccc(Cl)c(Cl)c1. The van der Waals surface area contributed by atoms with Gasteiger partial charge in [0, 0.05) is 0 Å². The Bertz CT molecular complexity index is 574. The van der Waals surface area contributed by atoms with Gasteiger partial charge in [-0.2, -0.15) is 4.72 Å². The Morgan fingerprint density at radius 3 is 2.53 bits per heavy atom. The number of benzene rings is 1. The highest BCUT2D eigenvalue weighted by atomic mass is 35.5. The summed E-state index contributed by atoms with van der Waals surface area (Å²) >= 11 is 11.5. The predicted molar refractivity (Wildman–Crippen MR) is 72.9 cm³/mol. The van der Waals surface area contributed by atoms with Gasteiger partial charge >= 0.3 is 5.97 Å². The van der Waals surface area contributed by atoms with E-state index in [1.165, 1.54) is 25.1 Å². The Morgan fingerprint density at radius 1 is 1.37 bits per heavy atom. The van der Waals surface area contributed by atoms with Gasteiger partial charge in [0.25, 0.3) is 0 Å². The van der Waals surface area contributed by atoms with Crippen molar-refractivity contribution in [1.82, 2.24) is 4.72 Å². The van der Waals surface area contributed by atoms with Gasteiger partial charge in [0.2, 0.25) is 10.0 Å². The van der Waals surface area contributed by atoms with Crippen molar-refractivity contribution in [1.29, 1.82) is 0 Å². The van der Waals surface area contributed by atoms with Crippen LogP contribution in [0, 0.1) is 0 Å². The first-order valence-electron chi connectivity index (χ1n) is 5.42. The Kier molecular flexibility index (Phi) is 5.61. The normalized spacial score (nSPS) is 13.1. The third-order valence-corrected chi connectivity index (χ3v) is 4.45. The van der Waals surface area contributed by atoms with Gasteiger partial charge in [0.1, 0.15) is 6.04 Å². The maximum Gasteiger partial charge on any atom is 0.323 e. The summed E-state index contributed by atoms with van der Waals surface area (Å²) in [6, 6.07) is 2.89. The fourth-order valence-electron chi connectivity index (χ4n) is 1.26. The molecule has 106 valence electrons. The zero-order valence-electron chi connectivity index (χ0n) is 10.3. The molecule has 0 spiro atoms. The lowest BCUT2D eigenvalue weighted by Gasteiger charge is -2.13. The number of carbonyl (C=O) groups excluding carboxylic acids is 1. The van der Waals surface area contributed by atoms with Crippen LogP contribution in [0.1, 0.15) is 13.8 Å². The minimum atomic E-state index is -3.86. The van der Waals surface area contributed by atoms with E-state index in [1.54, 1.807) is 6.92 Å². The van der Waals surface area contributed by atoms with Crippen LogP contribution >= 0.6 is 23.2 Å². The summed E-state index contributed by atoms with van der Waals surface area (Å²) in [6.07, 6.45) is 0. The van der Waals surface area contributed by atoms with Crippen LogP contribution in [-0.2, 0) is 19.6 Å². The highest BCUT2D eigenvalue weighted by molar-refractivity contribution is 7.89. The van der Waals surface area contributed by atoms with Gasteiger partial charge in [0.15, 0.2) is 0 Å². The van der Waals surface area contributed by atoms with E-state index in [1.807, 2.05) is 0 Å². The average molecular weight is 326 g/mol. The van der Waals surface area contributed by atoms with Crippen LogP contribution in [-0.4, -0.2) is 27.0 Å². The van der Waals surface area contributed by atoms with Crippen molar-refractivity contribution in [3.8, 4) is 0 Å². The summed E-state index contributed by atoms with van der Waals surface area (Å²) in [4.78, 5) is 11.3. The van der Waals surface area contributed by atoms with Crippen molar-refractivity contribution in [3.63, 3.8) is 0 Å². The molecule has 0 aromatic heterocycles. The molecule has 1 N–H and O–H groups in total. The number of carbonyl (C=O) groups is 1. The first-order valence-corrected chi connectivity index (χ1v) is 7.66. The first kappa shape index (κ1) is 16.2. The van der Waals surface area contributed by atoms with Crippen LogP contribution in [0.2, 0.25) is 10.0 Å². The summed E-state index contributed by atoms with van der Waals surface area (Å²) in [5.74, 6) is -0.647. The van der Waals surface area contributed by atoms with Gasteiger partial charge < -0.3 is 4.74 Å². The van der Waals surface area contributed by atoms with E-state index in [4.69, 9.17) is 27.9 Å². The Labute approximate surface area is 121 Å². The van der Waals surface area contributed by atoms with Crippen LogP contribution in [0.25, 0.3) is 0 Å². The van der Waals surface area contributed by atoms with E-state index in [9.17, 15) is 13.2 Å². The van der Waals surface area contributed by atoms with E-state index in [2.05, 4.69) is 4.72 Å². The van der Waals surface area contributed by atoms with E-state index in [0.29, 0.717) is 0 Å². The standard InChI is InChI=1S/C11H13Cl2NO4S/c1-3-18-11(15)7(2)14-19(16,17)8-4-5-9(12)10(13)6-8/h4-7,14H,3H2,1-2H3/t7-/m0/s1. The second-order valence-electron chi connectivity index (χ2n) is 3.67. The topological polar surface area (TPSA) is 72.5 Å². The largest absolute Gasteiger partial charge is 0.465 e. The number of sulfonamides is 1. The molecular weight excluding hydrogens is 313 g/mol. The lowest BCUT2D eigenvalue weighted by atomic mass is 10.4. The van der Waals surface area contributed by atoms with E-state index in [-0.39, 0.29) is 21.5 Å². The summed E-state index contributed by atoms with van der Waals surface area (Å²) < 4.78 is 30.9. The number of ether oxygens (including phenoxy) is 1. The molecule has 19 heavy (non-hydrogen) atoms. The molecule has 0 aliphatic carbocycles. The molecule has 0 amide bonds. The van der Waals surface area contributed by atoms with Gasteiger partial charge in [-0.25, -0.2) is 8.42 Å². The molecule has 0 radical (unpaired) electrons. The van der Waals surface area contributed by atoms with Crippen molar-refractivity contribution in [2.75, 3.05) is 6.61 Å². The Balaban J connectivity index is 2.92. The first-order chi connectivity index (χ1) is 8.77. The molecule has 0 aliphatic rings. The highest BCUT2D eigenvalue weighted by Gasteiger charge is 2.23. The van der Waals surface area contributed by atoms with Crippen LogP contribution in [0.4, 0.5) is 0 Å². The summed E-state index contributed by atoms with van der Waals surface area (Å²) in [7, 11) is -3.86. The molecule has 1 atom stereocenters. The smallest absolute Gasteiger partial charge is 0.323 e. The molecule has 0 heterocycles. The van der Waals surface area contributed by atoms with Gasteiger partial charge in [-0.15, -0.1) is 0 Å². The number of rotatable bonds is 5. The van der Waals surface area contributed by atoms with Crippen LogP contribution in [0.15, 0.2) is 23.1 Å². The quantitative estimate of drug-likeness (QED) is 0.842. The highest BCUT2D eigenvalue weighted by Crippen LogP contribution is 2.24. The molecule has 0 bridgehead atoms. The van der Waals surface area contributed by atoms with Crippen molar-refractivity contribution >= 4 is 39.2 Å². The lowest BCUT2D eigenvalue weighted by Crippen LogP contribution is -2.39. The molecule has 0 saturated carbocycles. The maximum atomic E-state index is 12.0. The summed E-state index contributed by atoms with van der Waals surface area (Å²) in [5.41, 5.74) is 0. The minimum Gasteiger partial charge on any atom is -0.465 e. The fourth-order valence-corrected chi connectivity index (χ4v) is 2.84. The summed E-state index contributed by atoms with van der Waals surface area (Å²) in [6.45, 7) is 3.21. The van der Waals surface area contributed by atoms with Gasteiger partial charge in [-0.3, -0.25) is 4.79 Å². The van der Waals surface area contributed by atoms with Crippen molar-refractivity contribution in [2.45, 2.75) is 24.8 Å². The second kappa shape index (κ2) is 6.56. The summed E-state index contributed by atoms with van der Waals surface area (Å²) in [5, 5.41) is 0.368. The maximum absolute atomic E-state index is 12.0. The zero-order valence-corrected chi connectivity index (χ0v) is 12.6. The van der Waals surface area contributed by atoms with Crippen molar-refractivity contribution in [3.05, 3.63) is 28.2 Å². The van der Waals surface area contributed by atoms with Gasteiger partial charge in [-0.05, 0) is 32.0 Å². The molecule has 1 aromatic rings. The van der Waals surface area contributed by atoms with Crippen LogP contribution in [0.5, 0.6) is 0 Å². The molecule has 0 aliphatic heterocycles. The number of nitrogens with one attached hydrogen (secondary N) is 1. The van der Waals surface area contributed by atoms with E-state index >= 15 is 0 Å². The van der Waals surface area contributed by atoms with Crippen LogP contribution in [0.3, 0.4) is 0 Å². The molecule has 1 rings (SSSR count). The van der Waals surface area contributed by atoms with E-state index < -0.39 is 22.0 Å². The molecule has 1 aromatic carbocycles. The molecule has 8 heteroatoms. The van der Waals surface area contributed by atoms with E-state index in [0.717, 1.165) is 0 Å². The van der Waals surface area contributed by atoms with Crippen molar-refractivity contribution < 1.29 is 17.9 Å². The number of halogens is 2. The molecule has 0 fully saturated rings. The lowest BCUT2D eigenvalue weighted by molar-refractivity contribution is -0.144. The monoisotopic (exact) mass is 325 g/mol. The van der Waals surface area contributed by atoms with Gasteiger partial charge in [0.05, 0.1) is 21.5 Å². The van der Waals surface area contributed by atoms with Crippen molar-refractivity contribution in [2.24, 2.45) is 0 Å². The molecule has 0 unspecified atom stereocenters. The zero-order chi connectivity index (χ0) is 14.6. The number of hydrogen-bond donors (Lipinski definition) is 1. The predicted octanol–water partition coefficient (Wildman–Crippen LogP) is 2.22. The fraction of sp³-hybridized carbons (Fsp3) is 0.364. The molecule has 0 saturated heterocycles. The Morgan fingerprint density at radius 2 is 2.00 bits per heavy atom. The third kappa shape index (κ3) is 4.35. The average Bonchev–Trinajstić information content (AvgIpc) is 2.32. The number of esters is 1. The Hall–Kier alpha value is -0.820. The molecule has 5 nitrogen and oxygen atoms in total.